The van der Waals surface area contributed by atoms with Crippen molar-refractivity contribution in [2.24, 2.45) is 11.1 Å². The maximum absolute atomic E-state index is 6.67. The summed E-state index contributed by atoms with van der Waals surface area (Å²) in [6.45, 7) is 7.86. The van der Waals surface area contributed by atoms with Gasteiger partial charge in [0.25, 0.3) is 0 Å². The van der Waals surface area contributed by atoms with Gasteiger partial charge in [0.05, 0.1) is 17.8 Å². The minimum atomic E-state index is 0.0325. The van der Waals surface area contributed by atoms with Crippen LogP contribution in [0.25, 0.3) is 0 Å². The fraction of sp³-hybridized carbons (Fsp3) is 0.643. The Kier molecular flexibility index (Phi) is 2.01. The van der Waals surface area contributed by atoms with E-state index >= 15 is 0 Å². The zero-order valence-electron chi connectivity index (χ0n) is 10.8. The fourth-order valence-electron chi connectivity index (χ4n) is 4.55. The van der Waals surface area contributed by atoms with Crippen LogP contribution in [0.2, 0.25) is 0 Å². The Bertz CT molecular complexity index is 458. The molecule has 4 nitrogen and oxygen atoms in total. The first-order valence-electron chi connectivity index (χ1n) is 6.74. The van der Waals surface area contributed by atoms with Crippen molar-refractivity contribution in [3.8, 4) is 0 Å². The van der Waals surface area contributed by atoms with Gasteiger partial charge in [0.2, 0.25) is 0 Å². The summed E-state index contributed by atoms with van der Waals surface area (Å²) in [5.74, 6) is 0. The Labute approximate surface area is 108 Å². The third-order valence-corrected chi connectivity index (χ3v) is 5.10. The second-order valence-corrected chi connectivity index (χ2v) is 6.62. The quantitative estimate of drug-likeness (QED) is 0.769. The molecule has 96 valence electrons. The van der Waals surface area contributed by atoms with E-state index in [1.165, 1.54) is 5.69 Å². The van der Waals surface area contributed by atoms with Gasteiger partial charge in [-0.25, -0.2) is 0 Å². The molecule has 4 heteroatoms. The molecule has 0 spiro atoms. The fourth-order valence-corrected chi connectivity index (χ4v) is 4.55. The lowest BCUT2D eigenvalue weighted by Crippen LogP contribution is -2.80. The third kappa shape index (κ3) is 1.23. The molecule has 4 aliphatic rings. The number of hydrogen-bond donors (Lipinski definition) is 1. The number of nitrogens with zero attached hydrogens (tertiary/aromatic N) is 3. The van der Waals surface area contributed by atoms with Gasteiger partial charge in [-0.1, -0.05) is 13.0 Å². The number of rotatable bonds is 1. The molecule has 1 aromatic rings. The monoisotopic (exact) mass is 244 g/mol. The molecule has 0 aromatic carbocycles. The van der Waals surface area contributed by atoms with Crippen LogP contribution in [0.15, 0.2) is 24.4 Å². The highest BCUT2D eigenvalue weighted by Crippen LogP contribution is 2.48. The maximum atomic E-state index is 6.67. The van der Waals surface area contributed by atoms with Crippen LogP contribution in [-0.2, 0) is 5.41 Å². The number of nitrogens with two attached hydrogens (primary N) is 1. The number of hydrogen-bond acceptors (Lipinski definition) is 4. The number of aromatic nitrogens is 1. The minimum Gasteiger partial charge on any atom is -0.326 e. The summed E-state index contributed by atoms with van der Waals surface area (Å²) < 4.78 is 0. The van der Waals surface area contributed by atoms with E-state index in [0.717, 1.165) is 32.8 Å². The van der Waals surface area contributed by atoms with E-state index in [-0.39, 0.29) is 16.9 Å². The van der Waals surface area contributed by atoms with Gasteiger partial charge >= 0.3 is 0 Å². The van der Waals surface area contributed by atoms with E-state index in [2.05, 4.69) is 33.8 Å². The third-order valence-electron chi connectivity index (χ3n) is 5.10. The summed E-state index contributed by atoms with van der Waals surface area (Å²) in [7, 11) is 0. The Balaban J connectivity index is 1.85. The molecule has 4 fully saturated rings. The highest BCUT2D eigenvalue weighted by molar-refractivity contribution is 5.30. The molecular weight excluding hydrogens is 224 g/mol. The smallest absolute Gasteiger partial charge is 0.0537 e. The molecule has 5 rings (SSSR count). The normalized spacial score (nSPS) is 49.6. The van der Waals surface area contributed by atoms with Crippen molar-refractivity contribution in [1.29, 1.82) is 0 Å². The molecule has 3 atom stereocenters. The van der Waals surface area contributed by atoms with Crippen LogP contribution >= 0.6 is 0 Å². The molecule has 1 aromatic heterocycles. The molecule has 3 unspecified atom stereocenters. The van der Waals surface area contributed by atoms with Crippen molar-refractivity contribution in [2.45, 2.75) is 18.4 Å². The molecule has 0 aliphatic carbocycles. The molecule has 2 N–H and O–H groups in total. The van der Waals surface area contributed by atoms with E-state index in [4.69, 9.17) is 5.73 Å². The van der Waals surface area contributed by atoms with Crippen LogP contribution in [0.3, 0.4) is 0 Å². The molecule has 5 heterocycles. The second kappa shape index (κ2) is 3.32. The number of piperidine rings is 2. The van der Waals surface area contributed by atoms with E-state index < -0.39 is 0 Å². The summed E-state index contributed by atoms with van der Waals surface area (Å²) >= 11 is 0. The SMILES string of the molecule is CC12CN3CN(C1)CC(c1ccccn1)(C3)C2N. The van der Waals surface area contributed by atoms with Gasteiger partial charge in [0.1, 0.15) is 0 Å². The summed E-state index contributed by atoms with van der Waals surface area (Å²) in [6.07, 6.45) is 1.90. The molecule has 0 amide bonds. The van der Waals surface area contributed by atoms with Gasteiger partial charge in [0.15, 0.2) is 0 Å². The Morgan fingerprint density at radius 1 is 1.22 bits per heavy atom. The summed E-state index contributed by atoms with van der Waals surface area (Å²) in [5.41, 5.74) is 8.10. The van der Waals surface area contributed by atoms with E-state index in [1.807, 2.05) is 12.3 Å². The minimum absolute atomic E-state index is 0.0325. The lowest BCUT2D eigenvalue weighted by atomic mass is 9.58. The maximum Gasteiger partial charge on any atom is 0.0537 e. The first-order chi connectivity index (χ1) is 8.62. The van der Waals surface area contributed by atoms with Crippen molar-refractivity contribution < 1.29 is 0 Å². The van der Waals surface area contributed by atoms with E-state index in [9.17, 15) is 0 Å². The summed E-state index contributed by atoms with van der Waals surface area (Å²) in [6, 6.07) is 6.43. The zero-order valence-corrected chi connectivity index (χ0v) is 10.8. The highest BCUT2D eigenvalue weighted by atomic mass is 15.4. The lowest BCUT2D eigenvalue weighted by molar-refractivity contribution is -0.143. The molecule has 18 heavy (non-hydrogen) atoms. The molecule has 0 radical (unpaired) electrons. The zero-order chi connectivity index (χ0) is 12.4. The standard InChI is InChI=1S/C14H20N4/c1-13-6-17-8-14(12(13)15,9-18(7-13)10-17)11-4-2-3-5-16-11/h2-5,12H,6-10,15H2,1H3. The van der Waals surface area contributed by atoms with Crippen LogP contribution < -0.4 is 5.73 Å². The number of pyridine rings is 1. The lowest BCUT2D eigenvalue weighted by Gasteiger charge is -2.66. The van der Waals surface area contributed by atoms with Gasteiger partial charge in [-0.05, 0) is 12.1 Å². The van der Waals surface area contributed by atoms with Crippen LogP contribution in [0.5, 0.6) is 0 Å². The van der Waals surface area contributed by atoms with Gasteiger partial charge in [-0.15, -0.1) is 0 Å². The van der Waals surface area contributed by atoms with Crippen LogP contribution in [0, 0.1) is 5.41 Å². The first-order valence-corrected chi connectivity index (χ1v) is 6.74. The van der Waals surface area contributed by atoms with Gasteiger partial charge in [0, 0.05) is 43.8 Å². The molecule has 4 bridgehead atoms. The van der Waals surface area contributed by atoms with E-state index in [0.29, 0.717) is 0 Å². The van der Waals surface area contributed by atoms with Crippen molar-refractivity contribution in [3.05, 3.63) is 30.1 Å². The van der Waals surface area contributed by atoms with Crippen LogP contribution in [0.1, 0.15) is 12.6 Å². The Hall–Kier alpha value is -0.970. The second-order valence-electron chi connectivity index (χ2n) is 6.62. The van der Waals surface area contributed by atoms with Gasteiger partial charge in [-0.3, -0.25) is 14.8 Å². The predicted molar refractivity (Wildman–Crippen MR) is 70.0 cm³/mol. The molecule has 4 aliphatic heterocycles. The largest absolute Gasteiger partial charge is 0.326 e. The van der Waals surface area contributed by atoms with Crippen LogP contribution in [0.4, 0.5) is 0 Å². The highest BCUT2D eigenvalue weighted by Gasteiger charge is 2.61. The van der Waals surface area contributed by atoms with Crippen molar-refractivity contribution in [2.75, 3.05) is 32.8 Å². The van der Waals surface area contributed by atoms with Crippen molar-refractivity contribution in [3.63, 3.8) is 0 Å². The Morgan fingerprint density at radius 3 is 2.56 bits per heavy atom. The van der Waals surface area contributed by atoms with Crippen molar-refractivity contribution >= 4 is 0 Å². The van der Waals surface area contributed by atoms with Crippen molar-refractivity contribution in [1.82, 2.24) is 14.8 Å². The topological polar surface area (TPSA) is 45.4 Å². The summed E-state index contributed by atoms with van der Waals surface area (Å²) in [4.78, 5) is 9.71. The average molecular weight is 244 g/mol. The predicted octanol–water partition coefficient (Wildman–Crippen LogP) is 0.255. The molecule has 4 saturated heterocycles. The molecular formula is C14H20N4. The Morgan fingerprint density at radius 2 is 1.94 bits per heavy atom. The van der Waals surface area contributed by atoms with Gasteiger partial charge < -0.3 is 5.73 Å². The molecule has 0 saturated carbocycles. The summed E-state index contributed by atoms with van der Waals surface area (Å²) in [5, 5.41) is 0. The van der Waals surface area contributed by atoms with Gasteiger partial charge in [-0.2, -0.15) is 0 Å². The average Bonchev–Trinajstić information content (AvgIpc) is 2.36. The first kappa shape index (κ1) is 10.9. The van der Waals surface area contributed by atoms with Crippen LogP contribution in [-0.4, -0.2) is 53.7 Å². The van der Waals surface area contributed by atoms with E-state index in [1.54, 1.807) is 0 Å².